The molecule has 0 N–H and O–H groups in total. The largest absolute Gasteiger partial charge is 0.310 e. The van der Waals surface area contributed by atoms with Crippen LogP contribution in [0.15, 0.2) is 119 Å². The fourth-order valence-electron chi connectivity index (χ4n) is 6.27. The van der Waals surface area contributed by atoms with E-state index in [1.54, 1.807) is 0 Å². The minimum Gasteiger partial charge on any atom is -0.310 e. The first-order chi connectivity index (χ1) is 17.6. The monoisotopic (exact) mass is 480 g/mol. The van der Waals surface area contributed by atoms with E-state index in [4.69, 9.17) is 0 Å². The van der Waals surface area contributed by atoms with Gasteiger partial charge in [0.15, 0.2) is 0 Å². The average molecular weight is 481 g/mol. The van der Waals surface area contributed by atoms with Crippen molar-refractivity contribution in [1.29, 1.82) is 0 Å². The van der Waals surface area contributed by atoms with E-state index >= 15 is 0 Å². The Morgan fingerprint density at radius 2 is 1.33 bits per heavy atom. The van der Waals surface area contributed by atoms with Crippen molar-refractivity contribution in [2.24, 2.45) is 0 Å². The number of fused-ring (bicyclic) bond motifs is 7. The first-order valence-corrected chi connectivity index (χ1v) is 13.3. The lowest BCUT2D eigenvalue weighted by Gasteiger charge is -2.43. The Morgan fingerprint density at radius 3 is 2.22 bits per heavy atom. The summed E-state index contributed by atoms with van der Waals surface area (Å²) >= 11 is 1.89. The van der Waals surface area contributed by atoms with Crippen molar-refractivity contribution in [2.45, 2.75) is 29.1 Å². The summed E-state index contributed by atoms with van der Waals surface area (Å²) in [5.74, 6) is 0. The van der Waals surface area contributed by atoms with Gasteiger partial charge in [0.25, 0.3) is 0 Å². The second-order valence-corrected chi connectivity index (χ2v) is 11.3. The second kappa shape index (κ2) is 7.05. The van der Waals surface area contributed by atoms with Crippen molar-refractivity contribution in [1.82, 2.24) is 4.57 Å². The van der Waals surface area contributed by atoms with Crippen LogP contribution < -0.4 is 4.90 Å². The van der Waals surface area contributed by atoms with E-state index in [1.165, 1.54) is 65.5 Å². The molecule has 2 aliphatic rings. The lowest BCUT2D eigenvalue weighted by Crippen LogP contribution is -2.31. The highest BCUT2D eigenvalue weighted by atomic mass is 32.2. The van der Waals surface area contributed by atoms with Crippen LogP contribution in [0.4, 0.5) is 17.1 Å². The van der Waals surface area contributed by atoms with Crippen LogP contribution in [0, 0.1) is 0 Å². The van der Waals surface area contributed by atoms with Gasteiger partial charge in [-0.15, -0.1) is 0 Å². The minimum atomic E-state index is -0.129. The Balaban J connectivity index is 1.48. The summed E-state index contributed by atoms with van der Waals surface area (Å²) in [6.45, 7) is 4.74. The predicted molar refractivity (Wildman–Crippen MR) is 152 cm³/mol. The lowest BCUT2D eigenvalue weighted by molar-refractivity contribution is 0.630. The number of hydrogen-bond donors (Lipinski definition) is 0. The molecule has 0 saturated carbocycles. The molecule has 0 spiro atoms. The van der Waals surface area contributed by atoms with Crippen LogP contribution in [0.5, 0.6) is 0 Å². The molecule has 5 aromatic carbocycles. The highest BCUT2D eigenvalue weighted by Gasteiger charge is 2.38. The van der Waals surface area contributed by atoms with Crippen LogP contribution >= 0.6 is 11.8 Å². The Hall–Kier alpha value is -3.95. The molecular formula is C33H24N2S. The van der Waals surface area contributed by atoms with E-state index in [9.17, 15) is 0 Å². The molecular weight excluding hydrogens is 456 g/mol. The molecule has 0 saturated heterocycles. The van der Waals surface area contributed by atoms with Gasteiger partial charge >= 0.3 is 0 Å². The predicted octanol–water partition coefficient (Wildman–Crippen LogP) is 9.36. The number of rotatable bonds is 1. The number of aromatic nitrogens is 1. The zero-order valence-corrected chi connectivity index (χ0v) is 21.0. The van der Waals surface area contributed by atoms with Crippen molar-refractivity contribution in [3.63, 3.8) is 0 Å². The number of para-hydroxylation sites is 4. The SMILES string of the molecule is CC1(C)c2ccccc2N(c2ccccc2)c2cc3c(cc21)-n1c2ccccc2c2cccc(c21)S3. The molecule has 0 radical (unpaired) electrons. The van der Waals surface area contributed by atoms with Crippen molar-refractivity contribution < 1.29 is 0 Å². The van der Waals surface area contributed by atoms with Crippen molar-refractivity contribution in [2.75, 3.05) is 4.90 Å². The Kier molecular flexibility index (Phi) is 3.97. The molecule has 0 unspecified atom stereocenters. The number of benzene rings is 5. The van der Waals surface area contributed by atoms with Crippen molar-refractivity contribution in [3.05, 3.63) is 120 Å². The summed E-state index contributed by atoms with van der Waals surface area (Å²) in [5.41, 5.74) is 10.2. The standard InChI is InChI=1S/C33H24N2S/c1-33(2)24-15-7-9-17-27(24)34(21-11-4-3-5-12-21)28-20-31-29(19-25(28)33)35-26-16-8-6-13-22(26)23-14-10-18-30(36-31)32(23)35/h3-20H,1-2H3. The van der Waals surface area contributed by atoms with Crippen LogP contribution in [-0.4, -0.2) is 4.57 Å². The maximum absolute atomic E-state index is 2.50. The number of anilines is 3. The molecule has 0 amide bonds. The lowest BCUT2D eigenvalue weighted by atomic mass is 9.73. The molecule has 0 bridgehead atoms. The average Bonchev–Trinajstić information content (AvgIpc) is 3.25. The summed E-state index contributed by atoms with van der Waals surface area (Å²) < 4.78 is 2.50. The molecule has 0 fully saturated rings. The van der Waals surface area contributed by atoms with Crippen LogP contribution in [0.1, 0.15) is 25.0 Å². The topological polar surface area (TPSA) is 8.17 Å². The van der Waals surface area contributed by atoms with Crippen LogP contribution in [0.2, 0.25) is 0 Å². The Bertz CT molecular complexity index is 1850. The summed E-state index contributed by atoms with van der Waals surface area (Å²) in [6.07, 6.45) is 0. The molecule has 0 aliphatic carbocycles. The smallest absolute Gasteiger partial charge is 0.0681 e. The summed E-state index contributed by atoms with van der Waals surface area (Å²) in [5, 5.41) is 2.64. The fraction of sp³-hybridized carbons (Fsp3) is 0.0909. The van der Waals surface area contributed by atoms with Gasteiger partial charge < -0.3 is 9.47 Å². The first kappa shape index (κ1) is 20.3. The summed E-state index contributed by atoms with van der Waals surface area (Å²) in [7, 11) is 0. The molecule has 172 valence electrons. The normalized spacial score (nSPS) is 15.0. The molecule has 3 heterocycles. The molecule has 2 nitrogen and oxygen atoms in total. The zero-order valence-electron chi connectivity index (χ0n) is 20.2. The molecule has 0 atom stereocenters. The quantitative estimate of drug-likeness (QED) is 0.231. The molecule has 3 heteroatoms. The highest BCUT2D eigenvalue weighted by Crippen LogP contribution is 2.55. The van der Waals surface area contributed by atoms with Crippen molar-refractivity contribution >= 4 is 50.6 Å². The van der Waals surface area contributed by atoms with Gasteiger partial charge in [0, 0.05) is 31.7 Å². The van der Waals surface area contributed by atoms with E-state index in [1.807, 2.05) is 11.8 Å². The van der Waals surface area contributed by atoms with E-state index in [0.29, 0.717) is 0 Å². The zero-order chi connectivity index (χ0) is 24.0. The van der Waals surface area contributed by atoms with Gasteiger partial charge in [-0.2, -0.15) is 0 Å². The van der Waals surface area contributed by atoms with E-state index < -0.39 is 0 Å². The third kappa shape index (κ3) is 2.53. The van der Waals surface area contributed by atoms with E-state index in [2.05, 4.69) is 133 Å². The number of nitrogens with zero attached hydrogens (tertiary/aromatic N) is 2. The van der Waals surface area contributed by atoms with Crippen LogP contribution in [0.25, 0.3) is 27.5 Å². The third-order valence-corrected chi connectivity index (χ3v) is 9.04. The Morgan fingerprint density at radius 1 is 0.583 bits per heavy atom. The maximum Gasteiger partial charge on any atom is 0.0681 e. The van der Waals surface area contributed by atoms with Gasteiger partial charge in [-0.3, -0.25) is 0 Å². The Labute approximate surface area is 214 Å². The molecule has 36 heavy (non-hydrogen) atoms. The fourth-order valence-corrected chi connectivity index (χ4v) is 7.37. The molecule has 2 aliphatic heterocycles. The van der Waals surface area contributed by atoms with Gasteiger partial charge in [-0.25, -0.2) is 0 Å². The van der Waals surface area contributed by atoms with E-state index in [-0.39, 0.29) is 5.41 Å². The second-order valence-electron chi connectivity index (χ2n) is 10.3. The van der Waals surface area contributed by atoms with Gasteiger partial charge in [0.2, 0.25) is 0 Å². The molecule has 1 aromatic heterocycles. The van der Waals surface area contributed by atoms with Gasteiger partial charge in [0.05, 0.1) is 28.1 Å². The van der Waals surface area contributed by atoms with Crippen molar-refractivity contribution in [3.8, 4) is 5.69 Å². The van der Waals surface area contributed by atoms with Gasteiger partial charge in [-0.1, -0.05) is 92.3 Å². The van der Waals surface area contributed by atoms with E-state index in [0.717, 1.165) is 0 Å². The third-order valence-electron chi connectivity index (χ3n) is 7.94. The summed E-state index contributed by atoms with van der Waals surface area (Å²) in [4.78, 5) is 5.06. The van der Waals surface area contributed by atoms with Gasteiger partial charge in [-0.05, 0) is 53.6 Å². The highest BCUT2D eigenvalue weighted by molar-refractivity contribution is 7.99. The van der Waals surface area contributed by atoms with Gasteiger partial charge in [0.1, 0.15) is 0 Å². The molecule has 6 aromatic rings. The van der Waals surface area contributed by atoms with Crippen LogP contribution in [-0.2, 0) is 5.41 Å². The first-order valence-electron chi connectivity index (χ1n) is 12.5. The molecule has 8 rings (SSSR count). The summed E-state index contributed by atoms with van der Waals surface area (Å²) in [6, 6.07) is 40.1. The maximum atomic E-state index is 2.50. The van der Waals surface area contributed by atoms with Crippen LogP contribution in [0.3, 0.4) is 0 Å². The minimum absolute atomic E-state index is 0.129. The number of hydrogen-bond acceptors (Lipinski definition) is 2.